The first-order chi connectivity index (χ1) is 18.6. The Labute approximate surface area is 218 Å². The van der Waals surface area contributed by atoms with Crippen LogP contribution in [0, 0.1) is 12.7 Å². The van der Waals surface area contributed by atoms with Gasteiger partial charge < -0.3 is 4.98 Å². The molecule has 0 radical (unpaired) electrons. The summed E-state index contributed by atoms with van der Waals surface area (Å²) >= 11 is 0. The van der Waals surface area contributed by atoms with Gasteiger partial charge in [0.1, 0.15) is 11.5 Å². The summed E-state index contributed by atoms with van der Waals surface area (Å²) in [7, 11) is 0. The van der Waals surface area contributed by atoms with Crippen LogP contribution in [0.3, 0.4) is 0 Å². The fourth-order valence-electron chi connectivity index (χ4n) is 5.33. The fourth-order valence-corrected chi connectivity index (χ4v) is 5.33. The van der Waals surface area contributed by atoms with E-state index in [0.717, 1.165) is 64.0 Å². The average molecular weight is 505 g/mol. The monoisotopic (exact) mass is 504 g/mol. The molecule has 0 amide bonds. The summed E-state index contributed by atoms with van der Waals surface area (Å²) in [4.78, 5) is 24.1. The molecular weight excluding hydrogens is 479 g/mol. The van der Waals surface area contributed by atoms with Crippen molar-refractivity contribution in [1.82, 2.24) is 40.0 Å². The molecule has 1 saturated heterocycles. The van der Waals surface area contributed by atoms with Crippen LogP contribution >= 0.6 is 0 Å². The third-order valence-electron chi connectivity index (χ3n) is 7.12. The molecule has 6 aromatic rings. The second-order valence-corrected chi connectivity index (χ2v) is 9.92. The predicted octanol–water partition coefficient (Wildman–Crippen LogP) is 5.67. The Balaban J connectivity index is 1.28. The fraction of sp³-hybridized carbons (Fsp3) is 0.207. The Kier molecular flexibility index (Phi) is 5.44. The first kappa shape index (κ1) is 22.7. The topological polar surface area (TPSA) is 99.3 Å². The van der Waals surface area contributed by atoms with E-state index < -0.39 is 0 Å². The van der Waals surface area contributed by atoms with E-state index in [1.165, 1.54) is 30.5 Å². The van der Waals surface area contributed by atoms with E-state index in [2.05, 4.69) is 47.2 Å². The maximum absolute atomic E-state index is 14.2. The van der Waals surface area contributed by atoms with Gasteiger partial charge in [0.05, 0.1) is 10.9 Å². The van der Waals surface area contributed by atoms with E-state index in [1.807, 2.05) is 37.6 Å². The molecule has 0 atom stereocenters. The standard InChI is InChI=1S/C29H25FN8/c1-17-8-19(11-22(30)9-17)23-4-5-32-28-25(23)34-29(35-28)26-24-12-21(15-33-27(24)37-36-26)20-10-18(13-31-14-20)16-38-6-2-3-7-38/h4-5,8-15H,2-3,6-7,16H2,1H3,(H,32,34,35)(H,33,36,37). The molecule has 9 heteroatoms. The smallest absolute Gasteiger partial charge is 0.181 e. The van der Waals surface area contributed by atoms with E-state index in [0.29, 0.717) is 17.1 Å². The van der Waals surface area contributed by atoms with E-state index >= 15 is 0 Å². The van der Waals surface area contributed by atoms with Crippen molar-refractivity contribution in [1.29, 1.82) is 0 Å². The van der Waals surface area contributed by atoms with Crippen molar-refractivity contribution in [2.24, 2.45) is 0 Å². The summed E-state index contributed by atoms with van der Waals surface area (Å²) in [6, 6.07) is 11.1. The van der Waals surface area contributed by atoms with E-state index in [1.54, 1.807) is 6.20 Å². The van der Waals surface area contributed by atoms with Gasteiger partial charge >= 0.3 is 0 Å². The molecule has 6 heterocycles. The maximum Gasteiger partial charge on any atom is 0.181 e. The number of aromatic nitrogens is 7. The molecule has 1 fully saturated rings. The summed E-state index contributed by atoms with van der Waals surface area (Å²) in [6.07, 6.45) is 9.85. The van der Waals surface area contributed by atoms with Crippen molar-refractivity contribution in [2.75, 3.05) is 13.1 Å². The van der Waals surface area contributed by atoms with Gasteiger partial charge in [-0.1, -0.05) is 6.07 Å². The van der Waals surface area contributed by atoms with Crippen LogP contribution in [0.1, 0.15) is 24.0 Å². The highest BCUT2D eigenvalue weighted by Gasteiger charge is 2.18. The van der Waals surface area contributed by atoms with Crippen molar-refractivity contribution < 1.29 is 4.39 Å². The molecule has 1 aliphatic rings. The summed E-state index contributed by atoms with van der Waals surface area (Å²) in [5.74, 6) is 0.317. The Morgan fingerprint density at radius 2 is 1.79 bits per heavy atom. The van der Waals surface area contributed by atoms with E-state index in [-0.39, 0.29) is 5.82 Å². The number of benzene rings is 1. The zero-order valence-electron chi connectivity index (χ0n) is 20.9. The Bertz CT molecular complexity index is 1780. The molecule has 2 N–H and O–H groups in total. The van der Waals surface area contributed by atoms with Gasteiger partial charge in [-0.2, -0.15) is 5.10 Å². The predicted molar refractivity (Wildman–Crippen MR) is 145 cm³/mol. The van der Waals surface area contributed by atoms with E-state index in [4.69, 9.17) is 4.98 Å². The number of likely N-dealkylation sites (tertiary alicyclic amines) is 1. The molecule has 5 aromatic heterocycles. The average Bonchev–Trinajstić information content (AvgIpc) is 3.67. The Hall–Kier alpha value is -4.50. The minimum absolute atomic E-state index is 0.276. The number of hydrogen-bond donors (Lipinski definition) is 2. The summed E-state index contributed by atoms with van der Waals surface area (Å²) in [6.45, 7) is 5.07. The van der Waals surface area contributed by atoms with Crippen molar-refractivity contribution in [3.05, 3.63) is 78.1 Å². The van der Waals surface area contributed by atoms with Crippen LogP contribution in [0.4, 0.5) is 4.39 Å². The van der Waals surface area contributed by atoms with Crippen molar-refractivity contribution >= 4 is 22.2 Å². The van der Waals surface area contributed by atoms with Gasteiger partial charge in [0, 0.05) is 48.0 Å². The number of nitrogens with one attached hydrogen (secondary N) is 2. The summed E-state index contributed by atoms with van der Waals surface area (Å²) < 4.78 is 14.2. The SMILES string of the molecule is Cc1cc(F)cc(-c2ccnc3nc(-c4[nH]nc5ncc(-c6cncc(CN7CCCC7)c6)cc45)[nH]c23)c1. The molecule has 1 aliphatic heterocycles. The lowest BCUT2D eigenvalue weighted by atomic mass is 10.0. The molecule has 7 rings (SSSR count). The minimum atomic E-state index is -0.276. The Morgan fingerprint density at radius 1 is 0.921 bits per heavy atom. The van der Waals surface area contributed by atoms with Gasteiger partial charge in [-0.3, -0.25) is 15.0 Å². The zero-order chi connectivity index (χ0) is 25.6. The Morgan fingerprint density at radius 3 is 2.66 bits per heavy atom. The molecule has 188 valence electrons. The van der Waals surface area contributed by atoms with Crippen LogP contribution in [0.5, 0.6) is 0 Å². The van der Waals surface area contributed by atoms with Crippen molar-refractivity contribution in [2.45, 2.75) is 26.3 Å². The lowest BCUT2D eigenvalue weighted by molar-refractivity contribution is 0.331. The quantitative estimate of drug-likeness (QED) is 0.314. The van der Waals surface area contributed by atoms with Gasteiger partial charge in [-0.05, 0) is 79.9 Å². The van der Waals surface area contributed by atoms with Crippen molar-refractivity contribution in [3.63, 3.8) is 0 Å². The van der Waals surface area contributed by atoms with E-state index in [9.17, 15) is 4.39 Å². The second-order valence-electron chi connectivity index (χ2n) is 9.92. The molecule has 0 spiro atoms. The van der Waals surface area contributed by atoms with Crippen LogP contribution in [-0.4, -0.2) is 53.1 Å². The second kappa shape index (κ2) is 9.11. The van der Waals surface area contributed by atoms with Gasteiger partial charge in [0.2, 0.25) is 0 Å². The van der Waals surface area contributed by atoms with Gasteiger partial charge in [0.25, 0.3) is 0 Å². The molecule has 0 bridgehead atoms. The highest BCUT2D eigenvalue weighted by molar-refractivity contribution is 5.96. The maximum atomic E-state index is 14.2. The number of fused-ring (bicyclic) bond motifs is 2. The first-order valence-electron chi connectivity index (χ1n) is 12.7. The van der Waals surface area contributed by atoms with Crippen LogP contribution in [-0.2, 0) is 6.54 Å². The third-order valence-corrected chi connectivity index (χ3v) is 7.12. The molecular formula is C29H25FN8. The van der Waals surface area contributed by atoms with Gasteiger partial charge in [0.15, 0.2) is 17.1 Å². The number of nitrogens with zero attached hydrogens (tertiary/aromatic N) is 6. The number of halogens is 1. The lowest BCUT2D eigenvalue weighted by Crippen LogP contribution is -2.18. The van der Waals surface area contributed by atoms with Gasteiger partial charge in [-0.25, -0.2) is 19.3 Å². The van der Waals surface area contributed by atoms with Crippen LogP contribution < -0.4 is 0 Å². The number of aromatic amines is 2. The summed E-state index contributed by atoms with van der Waals surface area (Å²) in [5.41, 5.74) is 8.21. The lowest BCUT2D eigenvalue weighted by Gasteiger charge is -2.14. The molecule has 38 heavy (non-hydrogen) atoms. The van der Waals surface area contributed by atoms with Crippen LogP contribution in [0.25, 0.3) is 56.0 Å². The highest BCUT2D eigenvalue weighted by atomic mass is 19.1. The van der Waals surface area contributed by atoms with Gasteiger partial charge in [-0.15, -0.1) is 0 Å². The number of rotatable bonds is 5. The first-order valence-corrected chi connectivity index (χ1v) is 12.7. The number of aryl methyl sites for hydroxylation is 1. The molecule has 0 saturated carbocycles. The normalized spacial score (nSPS) is 14.2. The minimum Gasteiger partial charge on any atom is -0.335 e. The van der Waals surface area contributed by atoms with Crippen molar-refractivity contribution in [3.8, 4) is 33.8 Å². The highest BCUT2D eigenvalue weighted by Crippen LogP contribution is 2.32. The largest absolute Gasteiger partial charge is 0.335 e. The summed E-state index contributed by atoms with van der Waals surface area (Å²) in [5, 5.41) is 8.33. The molecule has 8 nitrogen and oxygen atoms in total. The molecule has 1 aromatic carbocycles. The number of imidazole rings is 1. The number of H-pyrrole nitrogens is 2. The molecule has 0 aliphatic carbocycles. The van der Waals surface area contributed by atoms with Crippen LogP contribution in [0.2, 0.25) is 0 Å². The third kappa shape index (κ3) is 4.10. The number of hydrogen-bond acceptors (Lipinski definition) is 6. The van der Waals surface area contributed by atoms with Crippen LogP contribution in [0.15, 0.2) is 61.2 Å². The zero-order valence-corrected chi connectivity index (χ0v) is 20.9. The molecule has 0 unspecified atom stereocenters. The number of pyridine rings is 3.